The molecule has 0 saturated heterocycles. The van der Waals surface area contributed by atoms with Gasteiger partial charge in [-0.3, -0.25) is 9.36 Å². The number of halogens is 1. The second-order valence-electron chi connectivity index (χ2n) is 7.54. The van der Waals surface area contributed by atoms with Gasteiger partial charge in [0.1, 0.15) is 11.6 Å². The molecular weight excluding hydrogens is 407 g/mol. The highest BCUT2D eigenvalue weighted by Crippen LogP contribution is 2.40. The van der Waals surface area contributed by atoms with Gasteiger partial charge in [-0.15, -0.1) is 0 Å². The minimum atomic E-state index is -0.699. The lowest BCUT2D eigenvalue weighted by molar-refractivity contribution is -0.113. The molecule has 2 N–H and O–H groups in total. The van der Waals surface area contributed by atoms with Gasteiger partial charge in [0.25, 0.3) is 5.91 Å². The number of carbonyl (C=O) groups excluding carboxylic acids is 1. The monoisotopic (exact) mass is 428 g/mol. The predicted octanol–water partition coefficient (Wildman–Crippen LogP) is 5.11. The molecule has 1 aromatic heterocycles. The van der Waals surface area contributed by atoms with Crippen LogP contribution >= 0.6 is 0 Å². The van der Waals surface area contributed by atoms with Crippen molar-refractivity contribution >= 4 is 28.6 Å². The molecule has 1 atom stereocenters. The maximum Gasteiger partial charge on any atom is 0.255 e. The predicted molar refractivity (Wildman–Crippen MR) is 122 cm³/mol. The number of allylic oxidation sites excluding steroid dienone is 1. The number of hydrogen-bond acceptors (Lipinski definition) is 4. The van der Waals surface area contributed by atoms with Crippen molar-refractivity contribution in [2.24, 2.45) is 0 Å². The minimum Gasteiger partial charge on any atom is -0.495 e. The SMILES string of the molecule is COc1ccccc1NC(=O)C1=C(C)Nc2nc3ccccc3n2[C@@H]1c1ccccc1F. The molecule has 0 unspecified atom stereocenters. The van der Waals surface area contributed by atoms with E-state index in [-0.39, 0.29) is 5.91 Å². The van der Waals surface area contributed by atoms with Crippen LogP contribution in [0.15, 0.2) is 84.1 Å². The number of rotatable bonds is 4. The molecule has 32 heavy (non-hydrogen) atoms. The Morgan fingerprint density at radius 1 is 1.06 bits per heavy atom. The Morgan fingerprint density at radius 3 is 2.59 bits per heavy atom. The molecule has 4 aromatic rings. The van der Waals surface area contributed by atoms with E-state index >= 15 is 4.39 Å². The van der Waals surface area contributed by atoms with Crippen LogP contribution in [0.5, 0.6) is 5.75 Å². The van der Waals surface area contributed by atoms with Crippen molar-refractivity contribution in [3.8, 4) is 5.75 Å². The van der Waals surface area contributed by atoms with E-state index in [1.54, 1.807) is 44.4 Å². The molecule has 6 nitrogen and oxygen atoms in total. The number of amides is 1. The smallest absolute Gasteiger partial charge is 0.255 e. The lowest BCUT2D eigenvalue weighted by atomic mass is 9.93. The van der Waals surface area contributed by atoms with E-state index in [0.717, 1.165) is 11.0 Å². The molecule has 1 aliphatic rings. The highest BCUT2D eigenvalue weighted by molar-refractivity contribution is 6.07. The topological polar surface area (TPSA) is 68.2 Å². The van der Waals surface area contributed by atoms with Crippen LogP contribution in [0.4, 0.5) is 16.0 Å². The summed E-state index contributed by atoms with van der Waals surface area (Å²) in [5, 5.41) is 6.16. The summed E-state index contributed by atoms with van der Waals surface area (Å²) >= 11 is 0. The average molecular weight is 428 g/mol. The molecule has 0 saturated carbocycles. The Labute approximate surface area is 184 Å². The maximum atomic E-state index is 15.1. The molecule has 0 fully saturated rings. The van der Waals surface area contributed by atoms with Gasteiger partial charge in [0.2, 0.25) is 5.95 Å². The van der Waals surface area contributed by atoms with E-state index in [2.05, 4.69) is 15.6 Å². The van der Waals surface area contributed by atoms with Crippen molar-refractivity contribution in [2.45, 2.75) is 13.0 Å². The normalized spacial score (nSPS) is 15.3. The fourth-order valence-electron chi connectivity index (χ4n) is 4.19. The number of imidazole rings is 1. The van der Waals surface area contributed by atoms with Gasteiger partial charge >= 0.3 is 0 Å². The third-order valence-electron chi connectivity index (χ3n) is 5.63. The molecule has 0 bridgehead atoms. The second kappa shape index (κ2) is 7.85. The van der Waals surface area contributed by atoms with Gasteiger partial charge in [0.15, 0.2) is 0 Å². The van der Waals surface area contributed by atoms with Crippen LogP contribution in [0, 0.1) is 5.82 Å². The number of hydrogen-bond donors (Lipinski definition) is 2. The largest absolute Gasteiger partial charge is 0.495 e. The molecule has 160 valence electrons. The lowest BCUT2D eigenvalue weighted by Gasteiger charge is -2.31. The highest BCUT2D eigenvalue weighted by Gasteiger charge is 2.35. The van der Waals surface area contributed by atoms with Gasteiger partial charge in [0, 0.05) is 11.3 Å². The average Bonchev–Trinajstić information content (AvgIpc) is 3.16. The van der Waals surface area contributed by atoms with Gasteiger partial charge in [-0.1, -0.05) is 42.5 Å². The minimum absolute atomic E-state index is 0.351. The van der Waals surface area contributed by atoms with Crippen LogP contribution < -0.4 is 15.4 Å². The Bertz CT molecular complexity index is 1380. The van der Waals surface area contributed by atoms with Crippen LogP contribution in [-0.4, -0.2) is 22.6 Å². The quantitative estimate of drug-likeness (QED) is 0.474. The number of benzene rings is 3. The van der Waals surface area contributed by atoms with E-state index in [9.17, 15) is 4.79 Å². The van der Waals surface area contributed by atoms with Gasteiger partial charge in [-0.05, 0) is 37.3 Å². The van der Waals surface area contributed by atoms with Crippen molar-refractivity contribution in [3.05, 3.63) is 95.4 Å². The van der Waals surface area contributed by atoms with Crippen molar-refractivity contribution in [3.63, 3.8) is 0 Å². The molecular formula is C25H21FN4O2. The van der Waals surface area contributed by atoms with Crippen LogP contribution in [0.25, 0.3) is 11.0 Å². The van der Waals surface area contributed by atoms with Crippen LogP contribution in [0.1, 0.15) is 18.5 Å². The molecule has 7 heteroatoms. The zero-order chi connectivity index (χ0) is 22.2. The number of nitrogens with zero attached hydrogens (tertiary/aromatic N) is 2. The first kappa shape index (κ1) is 19.8. The van der Waals surface area contributed by atoms with E-state index in [1.165, 1.54) is 6.07 Å². The lowest BCUT2D eigenvalue weighted by Crippen LogP contribution is -2.31. The summed E-state index contributed by atoms with van der Waals surface area (Å²) in [6, 6.07) is 20.6. The number of methoxy groups -OCH3 is 1. The zero-order valence-corrected chi connectivity index (χ0v) is 17.6. The first-order chi connectivity index (χ1) is 15.6. The fraction of sp³-hybridized carbons (Fsp3) is 0.120. The summed E-state index contributed by atoms with van der Waals surface area (Å²) in [7, 11) is 1.55. The number of fused-ring (bicyclic) bond motifs is 3. The van der Waals surface area contributed by atoms with Crippen LogP contribution in [-0.2, 0) is 4.79 Å². The van der Waals surface area contributed by atoms with Crippen molar-refractivity contribution in [1.29, 1.82) is 0 Å². The van der Waals surface area contributed by atoms with Gasteiger partial charge in [0.05, 0.1) is 35.4 Å². The number of carbonyl (C=O) groups is 1. The second-order valence-corrected chi connectivity index (χ2v) is 7.54. The Kier molecular flexibility index (Phi) is 4.86. The molecule has 1 amide bonds. The van der Waals surface area contributed by atoms with Crippen LogP contribution in [0.3, 0.4) is 0 Å². The summed E-state index contributed by atoms with van der Waals surface area (Å²) in [5.74, 6) is 0.361. The summed E-state index contributed by atoms with van der Waals surface area (Å²) in [5.41, 5.74) is 3.50. The van der Waals surface area contributed by atoms with Gasteiger partial charge < -0.3 is 15.4 Å². The van der Waals surface area contributed by atoms with Gasteiger partial charge in [-0.25, -0.2) is 9.37 Å². The van der Waals surface area contributed by atoms with Gasteiger partial charge in [-0.2, -0.15) is 0 Å². The Balaban J connectivity index is 1.68. The number of para-hydroxylation sites is 4. The third kappa shape index (κ3) is 3.19. The summed E-state index contributed by atoms with van der Waals surface area (Å²) < 4.78 is 22.3. The maximum absolute atomic E-state index is 15.1. The van der Waals surface area contributed by atoms with E-state index in [1.807, 2.05) is 41.0 Å². The molecule has 0 spiro atoms. The van der Waals surface area contributed by atoms with E-state index in [0.29, 0.717) is 34.2 Å². The standard InChI is InChI=1S/C25H21FN4O2/c1-15-22(24(31)28-19-12-6-8-14-21(19)32-2)23(16-9-3-4-10-17(16)26)30-20-13-7-5-11-18(20)29-25(30)27-15/h3-14,23H,1-2H3,(H,27,29)(H,28,31)/t23-/m1/s1. The Hall–Kier alpha value is -4.13. The van der Waals surface area contributed by atoms with Crippen LogP contribution in [0.2, 0.25) is 0 Å². The van der Waals surface area contributed by atoms with E-state index < -0.39 is 11.9 Å². The summed E-state index contributed by atoms with van der Waals surface area (Å²) in [6.07, 6.45) is 0. The Morgan fingerprint density at radius 2 is 1.78 bits per heavy atom. The van der Waals surface area contributed by atoms with E-state index in [4.69, 9.17) is 4.74 Å². The molecule has 5 rings (SSSR count). The molecule has 0 aliphatic carbocycles. The first-order valence-corrected chi connectivity index (χ1v) is 10.2. The molecule has 3 aromatic carbocycles. The zero-order valence-electron chi connectivity index (χ0n) is 17.6. The molecule has 2 heterocycles. The number of ether oxygens (including phenoxy) is 1. The molecule has 1 aliphatic heterocycles. The third-order valence-corrected chi connectivity index (χ3v) is 5.63. The highest BCUT2D eigenvalue weighted by atomic mass is 19.1. The summed E-state index contributed by atoms with van der Waals surface area (Å²) in [4.78, 5) is 18.2. The number of anilines is 2. The number of nitrogens with one attached hydrogen (secondary N) is 2. The fourth-order valence-corrected chi connectivity index (χ4v) is 4.19. The molecule has 0 radical (unpaired) electrons. The van der Waals surface area contributed by atoms with Crippen molar-refractivity contribution in [1.82, 2.24) is 9.55 Å². The first-order valence-electron chi connectivity index (χ1n) is 10.2. The van der Waals surface area contributed by atoms with Crippen molar-refractivity contribution < 1.29 is 13.9 Å². The summed E-state index contributed by atoms with van der Waals surface area (Å²) in [6.45, 7) is 1.80. The number of aromatic nitrogens is 2. The van der Waals surface area contributed by atoms with Crippen molar-refractivity contribution in [2.75, 3.05) is 17.7 Å².